The summed E-state index contributed by atoms with van der Waals surface area (Å²) in [4.78, 5) is 22.0. The van der Waals surface area contributed by atoms with E-state index < -0.39 is 18.3 Å². The first-order valence-corrected chi connectivity index (χ1v) is 14.4. The molecule has 0 saturated carbocycles. The van der Waals surface area contributed by atoms with Crippen LogP contribution in [0.3, 0.4) is 0 Å². The Labute approximate surface area is 237 Å². The number of ether oxygens (including phenoxy) is 1. The first kappa shape index (κ1) is 28.8. The number of rotatable bonds is 7. The molecule has 1 aromatic carbocycles. The molecule has 0 radical (unpaired) electrons. The Morgan fingerprint density at radius 1 is 1.12 bits per heavy atom. The Morgan fingerprint density at radius 2 is 1.82 bits per heavy atom. The van der Waals surface area contributed by atoms with Crippen LogP contribution in [-0.2, 0) is 14.0 Å². The molecule has 3 aliphatic rings. The predicted octanol–water partition coefficient (Wildman–Crippen LogP) is 3.74. The second-order valence-corrected chi connectivity index (χ2v) is 12.2. The standard InChI is InChI=1S/C29H42BN5O5/c1-19(2)34-10-12-35(13-11-34)27(36)24-18-32-26(38-24)21-15-20(30-39-28(3,4)29(5,6)40-30)16-23(22(21)17-31)33-25-9-7-8-14-37-25/h15-19,25,31,33H,7-14H2,1-6H3. The molecule has 0 aliphatic carbocycles. The number of carbonyl (C=O) groups excluding carboxylic acids is 1. The normalized spacial score (nSPS) is 23.0. The number of oxazole rings is 1. The van der Waals surface area contributed by atoms with E-state index in [4.69, 9.17) is 23.9 Å². The monoisotopic (exact) mass is 551 g/mol. The van der Waals surface area contributed by atoms with Gasteiger partial charge in [0.15, 0.2) is 0 Å². The van der Waals surface area contributed by atoms with E-state index in [2.05, 4.69) is 29.0 Å². The average Bonchev–Trinajstić information content (AvgIpc) is 3.50. The van der Waals surface area contributed by atoms with Crippen LogP contribution >= 0.6 is 0 Å². The van der Waals surface area contributed by atoms with E-state index in [1.54, 1.807) is 0 Å². The fourth-order valence-electron chi connectivity index (χ4n) is 5.37. The maximum Gasteiger partial charge on any atom is 0.494 e. The first-order chi connectivity index (χ1) is 19.0. The zero-order valence-electron chi connectivity index (χ0n) is 24.6. The topological polar surface area (TPSA) is 113 Å². The van der Waals surface area contributed by atoms with Crippen molar-refractivity contribution in [2.75, 3.05) is 38.1 Å². The summed E-state index contributed by atoms with van der Waals surface area (Å²) in [6.07, 6.45) is 5.58. The van der Waals surface area contributed by atoms with Crippen molar-refractivity contribution in [2.45, 2.75) is 84.3 Å². The average molecular weight is 551 g/mol. The quantitative estimate of drug-likeness (QED) is 0.395. The van der Waals surface area contributed by atoms with Crippen LogP contribution in [0.5, 0.6) is 0 Å². The van der Waals surface area contributed by atoms with E-state index in [0.717, 1.165) is 37.8 Å². The second-order valence-electron chi connectivity index (χ2n) is 12.2. The van der Waals surface area contributed by atoms with Gasteiger partial charge in [0.05, 0.1) is 17.4 Å². The van der Waals surface area contributed by atoms with E-state index in [1.165, 1.54) is 12.4 Å². The molecule has 0 spiro atoms. The second kappa shape index (κ2) is 11.3. The van der Waals surface area contributed by atoms with Crippen LogP contribution in [0.4, 0.5) is 5.69 Å². The van der Waals surface area contributed by atoms with E-state index in [0.29, 0.717) is 42.6 Å². The number of benzene rings is 1. The van der Waals surface area contributed by atoms with Crippen LogP contribution < -0.4 is 10.8 Å². The molecule has 10 nitrogen and oxygen atoms in total. The molecule has 1 atom stereocenters. The Kier molecular flexibility index (Phi) is 8.11. The van der Waals surface area contributed by atoms with Gasteiger partial charge < -0.3 is 34.1 Å². The number of nitrogens with zero attached hydrogens (tertiary/aromatic N) is 3. The lowest BCUT2D eigenvalue weighted by atomic mass is 9.77. The minimum Gasteiger partial charge on any atom is -0.431 e. The molecule has 11 heteroatoms. The zero-order valence-corrected chi connectivity index (χ0v) is 24.6. The summed E-state index contributed by atoms with van der Waals surface area (Å²) in [6, 6.07) is 4.29. The molecule has 4 heterocycles. The number of hydrogen-bond donors (Lipinski definition) is 2. The molecule has 3 fully saturated rings. The van der Waals surface area contributed by atoms with Gasteiger partial charge in [-0.3, -0.25) is 9.69 Å². The number of hydrogen-bond acceptors (Lipinski definition) is 9. The van der Waals surface area contributed by atoms with Gasteiger partial charge in [-0.05, 0) is 78.4 Å². The Bertz CT molecular complexity index is 1220. The fraction of sp³-hybridized carbons (Fsp3) is 0.621. The van der Waals surface area contributed by atoms with Crippen LogP contribution in [-0.4, -0.2) is 90.3 Å². The Hall–Kier alpha value is -2.73. The molecule has 216 valence electrons. The molecule has 0 bridgehead atoms. The number of nitrogens with one attached hydrogen (secondary N) is 2. The van der Waals surface area contributed by atoms with Crippen LogP contribution in [0.1, 0.15) is 76.9 Å². The molecule has 5 rings (SSSR count). The summed E-state index contributed by atoms with van der Waals surface area (Å²) in [6.45, 7) is 16.0. The summed E-state index contributed by atoms with van der Waals surface area (Å²) >= 11 is 0. The van der Waals surface area contributed by atoms with Gasteiger partial charge in [-0.25, -0.2) is 4.98 Å². The number of anilines is 1. The number of amides is 1. The lowest BCUT2D eigenvalue weighted by Crippen LogP contribution is -2.50. The molecule has 1 aromatic heterocycles. The lowest BCUT2D eigenvalue weighted by Gasteiger charge is -2.36. The lowest BCUT2D eigenvalue weighted by molar-refractivity contribution is 0.00578. The van der Waals surface area contributed by atoms with Crippen LogP contribution in [0, 0.1) is 5.41 Å². The van der Waals surface area contributed by atoms with Crippen molar-refractivity contribution in [1.29, 1.82) is 5.41 Å². The van der Waals surface area contributed by atoms with Gasteiger partial charge in [0.25, 0.3) is 5.91 Å². The molecule has 2 N–H and O–H groups in total. The smallest absolute Gasteiger partial charge is 0.431 e. The van der Waals surface area contributed by atoms with E-state index in [9.17, 15) is 4.79 Å². The van der Waals surface area contributed by atoms with Crippen molar-refractivity contribution in [2.24, 2.45) is 0 Å². The van der Waals surface area contributed by atoms with Gasteiger partial charge in [0.1, 0.15) is 6.23 Å². The maximum atomic E-state index is 13.3. The Morgan fingerprint density at radius 3 is 2.42 bits per heavy atom. The largest absolute Gasteiger partial charge is 0.494 e. The fourth-order valence-corrected chi connectivity index (χ4v) is 5.37. The summed E-state index contributed by atoms with van der Waals surface area (Å²) in [5, 5.41) is 11.8. The molecule has 1 unspecified atom stereocenters. The highest BCUT2D eigenvalue weighted by atomic mass is 16.7. The van der Waals surface area contributed by atoms with Crippen molar-refractivity contribution in [3.63, 3.8) is 0 Å². The van der Waals surface area contributed by atoms with Crippen LogP contribution in [0.25, 0.3) is 11.5 Å². The highest BCUT2D eigenvalue weighted by Gasteiger charge is 2.52. The predicted molar refractivity (Wildman–Crippen MR) is 155 cm³/mol. The van der Waals surface area contributed by atoms with E-state index in [1.807, 2.05) is 44.7 Å². The van der Waals surface area contributed by atoms with E-state index in [-0.39, 0.29) is 23.8 Å². The third-order valence-corrected chi connectivity index (χ3v) is 8.65. The first-order valence-electron chi connectivity index (χ1n) is 14.4. The molecule has 1 amide bonds. The SMILES string of the molecule is CC(C)N1CCN(C(=O)c2cnc(-c3cc(B4OC(C)(C)C(C)(C)O4)cc(NC4CCCCO4)c3C=N)o2)CC1. The molecular formula is C29H42BN5O5. The molecular weight excluding hydrogens is 509 g/mol. The molecule has 3 aliphatic heterocycles. The van der Waals surface area contributed by atoms with Gasteiger partial charge >= 0.3 is 7.12 Å². The van der Waals surface area contributed by atoms with Crippen molar-refractivity contribution < 1.29 is 23.3 Å². The minimum atomic E-state index is -0.621. The highest BCUT2D eigenvalue weighted by Crippen LogP contribution is 2.38. The van der Waals surface area contributed by atoms with Crippen molar-refractivity contribution in [3.8, 4) is 11.5 Å². The third kappa shape index (κ3) is 5.70. The summed E-state index contributed by atoms with van der Waals surface area (Å²) in [5.41, 5.74) is 1.64. The Balaban J connectivity index is 1.47. The van der Waals surface area contributed by atoms with Gasteiger partial charge in [0.2, 0.25) is 11.7 Å². The summed E-state index contributed by atoms with van der Waals surface area (Å²) < 4.78 is 24.7. The van der Waals surface area contributed by atoms with Crippen molar-refractivity contribution in [3.05, 3.63) is 29.7 Å². The van der Waals surface area contributed by atoms with Crippen LogP contribution in [0.2, 0.25) is 0 Å². The number of aromatic nitrogens is 1. The minimum absolute atomic E-state index is 0.167. The van der Waals surface area contributed by atoms with Gasteiger partial charge in [0, 0.05) is 61.9 Å². The van der Waals surface area contributed by atoms with Gasteiger partial charge in [-0.2, -0.15) is 0 Å². The van der Waals surface area contributed by atoms with Crippen molar-refractivity contribution >= 4 is 30.4 Å². The van der Waals surface area contributed by atoms with Crippen molar-refractivity contribution in [1.82, 2.24) is 14.8 Å². The highest BCUT2D eigenvalue weighted by molar-refractivity contribution is 6.62. The third-order valence-electron chi connectivity index (χ3n) is 8.65. The summed E-state index contributed by atoms with van der Waals surface area (Å²) in [7, 11) is -0.621. The zero-order chi connectivity index (χ0) is 28.7. The van der Waals surface area contributed by atoms with Gasteiger partial charge in [-0.15, -0.1) is 0 Å². The summed E-state index contributed by atoms with van der Waals surface area (Å²) in [5.74, 6) is 0.290. The molecule has 40 heavy (non-hydrogen) atoms. The number of piperazine rings is 1. The molecule has 3 saturated heterocycles. The maximum absolute atomic E-state index is 13.3. The van der Waals surface area contributed by atoms with Crippen LogP contribution in [0.15, 0.2) is 22.7 Å². The molecule has 2 aromatic rings. The van der Waals surface area contributed by atoms with E-state index >= 15 is 0 Å². The van der Waals surface area contributed by atoms with Gasteiger partial charge in [-0.1, -0.05) is 0 Å². The number of carbonyl (C=O) groups is 1.